The first kappa shape index (κ1) is 21.7. The van der Waals surface area contributed by atoms with E-state index in [1.807, 2.05) is 61.5 Å². The van der Waals surface area contributed by atoms with E-state index in [1.54, 1.807) is 17.0 Å². The van der Waals surface area contributed by atoms with E-state index in [0.717, 1.165) is 23.2 Å². The van der Waals surface area contributed by atoms with E-state index in [-0.39, 0.29) is 12.4 Å². The van der Waals surface area contributed by atoms with Crippen molar-refractivity contribution in [3.8, 4) is 0 Å². The van der Waals surface area contributed by atoms with Gasteiger partial charge in [0.25, 0.3) is 5.70 Å². The second-order valence-corrected chi connectivity index (χ2v) is 7.69. The second-order valence-electron chi connectivity index (χ2n) is 7.28. The molecule has 154 valence electrons. The smallest absolute Gasteiger partial charge is 0.288 e. The SMILES string of the molecule is CCc1ccc(C(O)=C(C(=S)Nc2ccc(C)c(C)c2)[n+]2cccc(CO)c2)cc1. The third kappa shape index (κ3) is 4.93. The summed E-state index contributed by atoms with van der Waals surface area (Å²) in [5, 5.41) is 24.0. The molecule has 0 amide bonds. The molecule has 0 atom stereocenters. The maximum Gasteiger partial charge on any atom is 0.288 e. The average molecular weight is 420 g/mol. The first-order valence-corrected chi connectivity index (χ1v) is 10.4. The molecule has 3 aromatic rings. The summed E-state index contributed by atoms with van der Waals surface area (Å²) in [6, 6.07) is 17.4. The maximum absolute atomic E-state index is 11.2. The van der Waals surface area contributed by atoms with Crippen molar-refractivity contribution in [2.75, 3.05) is 5.32 Å². The van der Waals surface area contributed by atoms with E-state index < -0.39 is 0 Å². The highest BCUT2D eigenvalue weighted by Crippen LogP contribution is 2.21. The van der Waals surface area contributed by atoms with Gasteiger partial charge < -0.3 is 15.5 Å². The highest BCUT2D eigenvalue weighted by molar-refractivity contribution is 7.81. The van der Waals surface area contributed by atoms with Gasteiger partial charge in [-0.05, 0) is 55.2 Å². The number of hydrogen-bond donors (Lipinski definition) is 3. The van der Waals surface area contributed by atoms with Gasteiger partial charge in [-0.15, -0.1) is 0 Å². The molecule has 0 saturated heterocycles. The molecule has 2 aromatic carbocycles. The minimum atomic E-state index is -0.0998. The van der Waals surface area contributed by atoms with Gasteiger partial charge >= 0.3 is 0 Å². The number of anilines is 1. The number of pyridine rings is 1. The molecule has 1 heterocycles. The van der Waals surface area contributed by atoms with Crippen LogP contribution >= 0.6 is 12.2 Å². The van der Waals surface area contributed by atoms with E-state index in [1.165, 1.54) is 11.1 Å². The number of aliphatic hydroxyl groups is 2. The number of thiocarbonyl (C=S) groups is 1. The molecule has 1 aromatic heterocycles. The number of nitrogens with zero attached hydrogens (tertiary/aromatic N) is 1. The van der Waals surface area contributed by atoms with E-state index in [4.69, 9.17) is 12.2 Å². The summed E-state index contributed by atoms with van der Waals surface area (Å²) >= 11 is 5.71. The van der Waals surface area contributed by atoms with Crippen molar-refractivity contribution in [1.29, 1.82) is 0 Å². The van der Waals surface area contributed by atoms with E-state index in [2.05, 4.69) is 19.2 Å². The topological polar surface area (TPSA) is 56.4 Å². The molecule has 0 radical (unpaired) electrons. The monoisotopic (exact) mass is 419 g/mol. The Bertz CT molecular complexity index is 1090. The van der Waals surface area contributed by atoms with Gasteiger partial charge in [-0.1, -0.05) is 49.5 Å². The molecule has 0 aliphatic carbocycles. The number of benzene rings is 2. The van der Waals surface area contributed by atoms with Crippen LogP contribution in [0, 0.1) is 13.8 Å². The summed E-state index contributed by atoms with van der Waals surface area (Å²) in [6.45, 7) is 6.10. The predicted molar refractivity (Wildman–Crippen MR) is 126 cm³/mol. The van der Waals surface area contributed by atoms with Crippen LogP contribution in [0.25, 0.3) is 11.5 Å². The fourth-order valence-corrected chi connectivity index (χ4v) is 3.47. The van der Waals surface area contributed by atoms with Crippen molar-refractivity contribution >= 4 is 34.3 Å². The van der Waals surface area contributed by atoms with E-state index >= 15 is 0 Å². The van der Waals surface area contributed by atoms with Crippen LogP contribution in [0.15, 0.2) is 67.0 Å². The van der Waals surface area contributed by atoms with Crippen molar-refractivity contribution < 1.29 is 14.8 Å². The Balaban J connectivity index is 2.07. The molecule has 30 heavy (non-hydrogen) atoms. The Labute approximate surface area is 183 Å². The molecule has 5 heteroatoms. The van der Waals surface area contributed by atoms with Gasteiger partial charge in [-0.2, -0.15) is 4.57 Å². The lowest BCUT2D eigenvalue weighted by atomic mass is 10.1. The molecule has 3 rings (SSSR count). The lowest BCUT2D eigenvalue weighted by Gasteiger charge is -2.12. The van der Waals surface area contributed by atoms with Gasteiger partial charge in [-0.25, -0.2) is 0 Å². The number of rotatable bonds is 6. The number of hydrogen-bond acceptors (Lipinski definition) is 3. The molecule has 0 bridgehead atoms. The third-order valence-corrected chi connectivity index (χ3v) is 5.44. The van der Waals surface area contributed by atoms with Crippen molar-refractivity contribution in [3.05, 3.63) is 94.8 Å². The largest absolute Gasteiger partial charge is 0.502 e. The highest BCUT2D eigenvalue weighted by Gasteiger charge is 2.24. The van der Waals surface area contributed by atoms with Gasteiger partial charge in [0.15, 0.2) is 23.1 Å². The Hall–Kier alpha value is -3.02. The Morgan fingerprint density at radius 1 is 1.00 bits per heavy atom. The van der Waals surface area contributed by atoms with Crippen LogP contribution in [0.2, 0.25) is 0 Å². The van der Waals surface area contributed by atoms with Gasteiger partial charge in [0.05, 0.1) is 6.61 Å². The first-order chi connectivity index (χ1) is 14.4. The first-order valence-electron chi connectivity index (χ1n) is 9.95. The molecule has 0 spiro atoms. The minimum Gasteiger partial charge on any atom is -0.502 e. The van der Waals surface area contributed by atoms with Crippen LogP contribution in [0.3, 0.4) is 0 Å². The van der Waals surface area contributed by atoms with Crippen molar-refractivity contribution in [2.24, 2.45) is 0 Å². The molecule has 0 unspecified atom stereocenters. The normalized spacial score (nSPS) is 11.7. The number of nitrogens with one attached hydrogen (secondary N) is 1. The molecule has 0 aliphatic heterocycles. The minimum absolute atomic E-state index is 0.0686. The van der Waals surface area contributed by atoms with Crippen molar-refractivity contribution in [3.63, 3.8) is 0 Å². The van der Waals surface area contributed by atoms with Gasteiger partial charge in [0.2, 0.25) is 0 Å². The van der Waals surface area contributed by atoms with Crippen LogP contribution in [-0.4, -0.2) is 15.2 Å². The molecule has 0 fully saturated rings. The zero-order chi connectivity index (χ0) is 21.7. The molecule has 0 aliphatic rings. The van der Waals surface area contributed by atoms with Crippen LogP contribution in [-0.2, 0) is 13.0 Å². The Morgan fingerprint density at radius 3 is 2.37 bits per heavy atom. The zero-order valence-electron chi connectivity index (χ0n) is 17.5. The summed E-state index contributed by atoms with van der Waals surface area (Å²) in [4.78, 5) is 0.385. The Kier molecular flexibility index (Phi) is 6.98. The average Bonchev–Trinajstić information content (AvgIpc) is 2.76. The molecule has 0 saturated carbocycles. The quantitative estimate of drug-likeness (QED) is 0.229. The maximum atomic E-state index is 11.2. The number of aryl methyl sites for hydroxylation is 3. The summed E-state index contributed by atoms with van der Waals surface area (Å²) in [5.74, 6) is 0.0686. The van der Waals surface area contributed by atoms with Crippen LogP contribution < -0.4 is 9.88 Å². The van der Waals surface area contributed by atoms with Gasteiger partial charge in [0, 0.05) is 22.9 Å². The third-order valence-electron chi connectivity index (χ3n) is 5.14. The zero-order valence-corrected chi connectivity index (χ0v) is 18.3. The van der Waals surface area contributed by atoms with Gasteiger partial charge in [0.1, 0.15) is 0 Å². The lowest BCUT2D eigenvalue weighted by Crippen LogP contribution is -2.39. The fourth-order valence-electron chi connectivity index (χ4n) is 3.15. The summed E-state index contributed by atoms with van der Waals surface area (Å²) < 4.78 is 1.74. The number of aliphatic hydroxyl groups excluding tert-OH is 2. The predicted octanol–water partition coefficient (Wildman–Crippen LogP) is 4.97. The fraction of sp³-hybridized carbons (Fsp3) is 0.200. The van der Waals surface area contributed by atoms with Crippen LogP contribution in [0.5, 0.6) is 0 Å². The standard InChI is InChI=1S/C25H26N2O2S/c1-4-19-8-10-21(11-9-19)24(29)23(27-13-5-6-20(15-27)16-28)25(30)26-22-12-7-17(2)18(3)14-22/h5-15,28H,4,16H2,1-3H3,(H-,26,29,30)/p+1. The van der Waals surface area contributed by atoms with Crippen molar-refractivity contribution in [1.82, 2.24) is 0 Å². The molecular formula is C25H27N2O2S+. The molecular weight excluding hydrogens is 392 g/mol. The summed E-state index contributed by atoms with van der Waals surface area (Å²) in [6.07, 6.45) is 4.50. The van der Waals surface area contributed by atoms with E-state index in [0.29, 0.717) is 16.2 Å². The molecule has 3 N–H and O–H groups in total. The Morgan fingerprint density at radius 2 is 1.73 bits per heavy atom. The number of aromatic nitrogens is 1. The molecule has 4 nitrogen and oxygen atoms in total. The second kappa shape index (κ2) is 9.65. The lowest BCUT2D eigenvalue weighted by molar-refractivity contribution is -0.576. The summed E-state index contributed by atoms with van der Waals surface area (Å²) in [7, 11) is 0. The highest BCUT2D eigenvalue weighted by atomic mass is 32.1. The van der Waals surface area contributed by atoms with Gasteiger partial charge in [-0.3, -0.25) is 0 Å². The van der Waals surface area contributed by atoms with Crippen LogP contribution in [0.4, 0.5) is 5.69 Å². The summed E-state index contributed by atoms with van der Waals surface area (Å²) in [5.41, 5.74) is 6.25. The van der Waals surface area contributed by atoms with Crippen molar-refractivity contribution in [2.45, 2.75) is 33.8 Å². The van der Waals surface area contributed by atoms with Crippen LogP contribution in [0.1, 0.15) is 34.7 Å². The van der Waals surface area contributed by atoms with E-state index in [9.17, 15) is 10.2 Å².